The Morgan fingerprint density at radius 2 is 1.46 bits per heavy atom. The standard InChI is InChI=1S/C20H24N2O2/c1-15(2)18(16-9-5-3-6-10-16)13-19(23)21-14-20(24)22-17-11-7-4-8-12-17/h3-12,15,18H,13-14H2,1-2H3,(H,21,23)(H,22,24). The Morgan fingerprint density at radius 1 is 0.875 bits per heavy atom. The molecule has 0 fully saturated rings. The minimum atomic E-state index is -0.227. The first kappa shape index (κ1) is 17.7. The summed E-state index contributed by atoms with van der Waals surface area (Å²) >= 11 is 0. The zero-order valence-corrected chi connectivity index (χ0v) is 14.2. The zero-order chi connectivity index (χ0) is 17.4. The van der Waals surface area contributed by atoms with Gasteiger partial charge in [0.05, 0.1) is 6.54 Å². The van der Waals surface area contributed by atoms with Gasteiger partial charge < -0.3 is 10.6 Å². The molecule has 0 aliphatic heterocycles. The Bertz CT molecular complexity index is 654. The molecule has 126 valence electrons. The van der Waals surface area contributed by atoms with E-state index >= 15 is 0 Å². The van der Waals surface area contributed by atoms with Crippen molar-refractivity contribution >= 4 is 17.5 Å². The van der Waals surface area contributed by atoms with Gasteiger partial charge in [-0.15, -0.1) is 0 Å². The summed E-state index contributed by atoms with van der Waals surface area (Å²) in [6.45, 7) is 4.19. The zero-order valence-electron chi connectivity index (χ0n) is 14.2. The predicted molar refractivity (Wildman–Crippen MR) is 96.7 cm³/mol. The molecule has 0 aliphatic rings. The van der Waals surface area contributed by atoms with Crippen molar-refractivity contribution in [1.82, 2.24) is 5.32 Å². The third-order valence-corrected chi connectivity index (χ3v) is 3.94. The van der Waals surface area contributed by atoms with Crippen molar-refractivity contribution < 1.29 is 9.59 Å². The van der Waals surface area contributed by atoms with Crippen LogP contribution in [0, 0.1) is 5.92 Å². The topological polar surface area (TPSA) is 58.2 Å². The number of anilines is 1. The van der Waals surface area contributed by atoms with Crippen LogP contribution in [0.1, 0.15) is 31.7 Å². The number of hydrogen-bond donors (Lipinski definition) is 2. The smallest absolute Gasteiger partial charge is 0.243 e. The molecule has 2 aromatic carbocycles. The lowest BCUT2D eigenvalue weighted by atomic mass is 9.85. The fourth-order valence-corrected chi connectivity index (χ4v) is 2.62. The summed E-state index contributed by atoms with van der Waals surface area (Å²) in [5, 5.41) is 5.46. The molecular weight excluding hydrogens is 300 g/mol. The predicted octanol–water partition coefficient (Wildman–Crippen LogP) is 3.57. The molecule has 2 aromatic rings. The van der Waals surface area contributed by atoms with Crippen LogP contribution >= 0.6 is 0 Å². The number of rotatable bonds is 7. The fraction of sp³-hybridized carbons (Fsp3) is 0.300. The molecule has 0 saturated carbocycles. The molecule has 1 atom stereocenters. The third kappa shape index (κ3) is 5.54. The van der Waals surface area contributed by atoms with Gasteiger partial charge in [-0.05, 0) is 29.5 Å². The van der Waals surface area contributed by atoms with Gasteiger partial charge in [0.15, 0.2) is 0 Å². The number of carbonyl (C=O) groups is 2. The van der Waals surface area contributed by atoms with Crippen LogP contribution in [0.4, 0.5) is 5.69 Å². The highest BCUT2D eigenvalue weighted by Crippen LogP contribution is 2.27. The number of benzene rings is 2. The fourth-order valence-electron chi connectivity index (χ4n) is 2.62. The van der Waals surface area contributed by atoms with Gasteiger partial charge in [0.2, 0.25) is 11.8 Å². The molecule has 0 spiro atoms. The van der Waals surface area contributed by atoms with Crippen molar-refractivity contribution in [1.29, 1.82) is 0 Å². The lowest BCUT2D eigenvalue weighted by Gasteiger charge is -2.21. The Balaban J connectivity index is 1.84. The van der Waals surface area contributed by atoms with Gasteiger partial charge in [-0.25, -0.2) is 0 Å². The highest BCUT2D eigenvalue weighted by molar-refractivity contribution is 5.94. The summed E-state index contributed by atoms with van der Waals surface area (Å²) in [4.78, 5) is 24.1. The van der Waals surface area contributed by atoms with Crippen molar-refractivity contribution in [2.75, 3.05) is 11.9 Å². The molecule has 0 aromatic heterocycles. The normalized spacial score (nSPS) is 11.8. The van der Waals surface area contributed by atoms with Gasteiger partial charge in [-0.1, -0.05) is 62.4 Å². The Morgan fingerprint density at radius 3 is 2.04 bits per heavy atom. The molecule has 1 unspecified atom stereocenters. The SMILES string of the molecule is CC(C)C(CC(=O)NCC(=O)Nc1ccccc1)c1ccccc1. The van der Waals surface area contributed by atoms with Crippen molar-refractivity contribution in [3.05, 3.63) is 66.2 Å². The van der Waals surface area contributed by atoms with E-state index in [4.69, 9.17) is 0 Å². The average molecular weight is 324 g/mol. The van der Waals surface area contributed by atoms with Crippen LogP contribution in [-0.4, -0.2) is 18.4 Å². The molecule has 0 radical (unpaired) electrons. The van der Waals surface area contributed by atoms with Gasteiger partial charge in [0.1, 0.15) is 0 Å². The second-order valence-electron chi connectivity index (χ2n) is 6.16. The van der Waals surface area contributed by atoms with E-state index in [0.29, 0.717) is 12.3 Å². The Labute approximate surface area is 143 Å². The summed E-state index contributed by atoms with van der Waals surface area (Å²) in [6.07, 6.45) is 0.375. The van der Waals surface area contributed by atoms with Gasteiger partial charge in [0, 0.05) is 12.1 Å². The van der Waals surface area contributed by atoms with E-state index in [0.717, 1.165) is 11.3 Å². The number of carbonyl (C=O) groups excluding carboxylic acids is 2. The summed E-state index contributed by atoms with van der Waals surface area (Å²) in [6, 6.07) is 19.2. The molecule has 4 heteroatoms. The van der Waals surface area contributed by atoms with Crippen molar-refractivity contribution in [3.8, 4) is 0 Å². The lowest BCUT2D eigenvalue weighted by Crippen LogP contribution is -2.34. The highest BCUT2D eigenvalue weighted by atomic mass is 16.2. The molecule has 0 aliphatic carbocycles. The van der Waals surface area contributed by atoms with E-state index in [1.807, 2.05) is 60.7 Å². The van der Waals surface area contributed by atoms with Gasteiger partial charge in [-0.2, -0.15) is 0 Å². The van der Waals surface area contributed by atoms with Crippen LogP contribution in [-0.2, 0) is 9.59 Å². The molecular formula is C20H24N2O2. The number of amides is 2. The van der Waals surface area contributed by atoms with Crippen molar-refractivity contribution in [3.63, 3.8) is 0 Å². The average Bonchev–Trinajstić information content (AvgIpc) is 2.59. The van der Waals surface area contributed by atoms with Crippen LogP contribution < -0.4 is 10.6 Å². The molecule has 2 N–H and O–H groups in total. The maximum atomic E-state index is 12.2. The summed E-state index contributed by atoms with van der Waals surface area (Å²) in [5.74, 6) is 0.149. The summed E-state index contributed by atoms with van der Waals surface area (Å²) < 4.78 is 0. The molecule has 0 bridgehead atoms. The molecule has 0 heterocycles. The third-order valence-electron chi connectivity index (χ3n) is 3.94. The van der Waals surface area contributed by atoms with Crippen LogP contribution in [0.3, 0.4) is 0 Å². The van der Waals surface area contributed by atoms with Gasteiger partial charge >= 0.3 is 0 Å². The Hall–Kier alpha value is -2.62. The van der Waals surface area contributed by atoms with Gasteiger partial charge in [-0.3, -0.25) is 9.59 Å². The molecule has 24 heavy (non-hydrogen) atoms. The van der Waals surface area contributed by atoms with E-state index in [-0.39, 0.29) is 24.3 Å². The van der Waals surface area contributed by atoms with Crippen LogP contribution in [0.25, 0.3) is 0 Å². The first-order chi connectivity index (χ1) is 11.6. The van der Waals surface area contributed by atoms with Crippen molar-refractivity contribution in [2.24, 2.45) is 5.92 Å². The van der Waals surface area contributed by atoms with Gasteiger partial charge in [0.25, 0.3) is 0 Å². The molecule has 0 saturated heterocycles. The van der Waals surface area contributed by atoms with E-state index in [9.17, 15) is 9.59 Å². The number of nitrogens with one attached hydrogen (secondary N) is 2. The molecule has 2 rings (SSSR count). The summed E-state index contributed by atoms with van der Waals surface area (Å²) in [7, 11) is 0. The van der Waals surface area contributed by atoms with E-state index in [2.05, 4.69) is 24.5 Å². The quantitative estimate of drug-likeness (QED) is 0.818. The van der Waals surface area contributed by atoms with Crippen LogP contribution in [0.5, 0.6) is 0 Å². The summed E-state index contributed by atoms with van der Waals surface area (Å²) in [5.41, 5.74) is 1.87. The van der Waals surface area contributed by atoms with Crippen LogP contribution in [0.15, 0.2) is 60.7 Å². The maximum Gasteiger partial charge on any atom is 0.243 e. The Kier molecular flexibility index (Phi) is 6.55. The number of hydrogen-bond acceptors (Lipinski definition) is 2. The van der Waals surface area contributed by atoms with E-state index in [1.54, 1.807) is 0 Å². The minimum Gasteiger partial charge on any atom is -0.347 e. The minimum absolute atomic E-state index is 0.0205. The highest BCUT2D eigenvalue weighted by Gasteiger charge is 2.19. The first-order valence-corrected chi connectivity index (χ1v) is 8.23. The monoisotopic (exact) mass is 324 g/mol. The van der Waals surface area contributed by atoms with Crippen LogP contribution in [0.2, 0.25) is 0 Å². The first-order valence-electron chi connectivity index (χ1n) is 8.23. The molecule has 4 nitrogen and oxygen atoms in total. The van der Waals surface area contributed by atoms with E-state index in [1.165, 1.54) is 0 Å². The largest absolute Gasteiger partial charge is 0.347 e. The number of para-hydroxylation sites is 1. The van der Waals surface area contributed by atoms with Crippen molar-refractivity contribution in [2.45, 2.75) is 26.2 Å². The second kappa shape index (κ2) is 8.87. The maximum absolute atomic E-state index is 12.2. The molecule has 2 amide bonds. The second-order valence-corrected chi connectivity index (χ2v) is 6.16. The lowest BCUT2D eigenvalue weighted by molar-refractivity contribution is -0.124. The van der Waals surface area contributed by atoms with E-state index < -0.39 is 0 Å².